The molecule has 0 atom stereocenters. The number of thiocarbonyl (C=S) groups is 1. The second-order valence-electron chi connectivity index (χ2n) is 4.73. The fourth-order valence-corrected chi connectivity index (χ4v) is 5.88. The van der Waals surface area contributed by atoms with E-state index in [-0.39, 0.29) is 5.91 Å². The normalized spacial score (nSPS) is 17.1. The Bertz CT molecular complexity index is 811. The van der Waals surface area contributed by atoms with Gasteiger partial charge in [0, 0.05) is 12.4 Å². The summed E-state index contributed by atoms with van der Waals surface area (Å²) in [6, 6.07) is 9.87. The van der Waals surface area contributed by atoms with Crippen LogP contribution in [-0.2, 0) is 11.3 Å². The summed E-state index contributed by atoms with van der Waals surface area (Å²) in [4.78, 5) is 23.7. The van der Waals surface area contributed by atoms with Gasteiger partial charge in [0.05, 0.1) is 10.8 Å². The van der Waals surface area contributed by atoms with Crippen molar-refractivity contribution >= 4 is 57.7 Å². The summed E-state index contributed by atoms with van der Waals surface area (Å²) in [7, 11) is 0. The number of aromatic nitrogens is 2. The lowest BCUT2D eigenvalue weighted by molar-refractivity contribution is -0.122. The van der Waals surface area contributed by atoms with Crippen molar-refractivity contribution in [2.24, 2.45) is 0 Å². The van der Waals surface area contributed by atoms with Gasteiger partial charge in [0.15, 0.2) is 0 Å². The Labute approximate surface area is 151 Å². The topological polar surface area (TPSA) is 46.1 Å². The Hall–Kier alpha value is -1.35. The van der Waals surface area contributed by atoms with Crippen molar-refractivity contribution in [3.63, 3.8) is 0 Å². The van der Waals surface area contributed by atoms with Gasteiger partial charge in [0.25, 0.3) is 5.91 Å². The zero-order chi connectivity index (χ0) is 15.8. The predicted octanol–water partition coefficient (Wildman–Crippen LogP) is 3.90. The number of benzene rings is 1. The fraction of sp³-hybridized carbons (Fsp3) is 0.0667. The van der Waals surface area contributed by atoms with Crippen LogP contribution in [0.2, 0.25) is 0 Å². The molecule has 23 heavy (non-hydrogen) atoms. The largest absolute Gasteiger partial charge is 0.288 e. The summed E-state index contributed by atoms with van der Waals surface area (Å²) >= 11 is 9.74. The molecule has 0 radical (unpaired) electrons. The Kier molecular flexibility index (Phi) is 4.14. The average molecular weight is 376 g/mol. The van der Waals surface area contributed by atoms with E-state index in [0.717, 1.165) is 19.9 Å². The molecule has 1 aromatic carbocycles. The highest BCUT2D eigenvalue weighted by Gasteiger charge is 2.37. The monoisotopic (exact) mass is 375 g/mol. The minimum absolute atomic E-state index is 0.0355. The summed E-state index contributed by atoms with van der Waals surface area (Å²) in [5.74, 6) is -0.0355. The molecule has 0 aliphatic carbocycles. The minimum Gasteiger partial charge on any atom is -0.288 e. The molecule has 0 saturated carbocycles. The molecule has 1 saturated heterocycles. The highest BCUT2D eigenvalue weighted by atomic mass is 32.2. The minimum atomic E-state index is -0.0355. The molecule has 1 amide bonds. The molecule has 4 nitrogen and oxygen atoms in total. The van der Waals surface area contributed by atoms with Gasteiger partial charge in [-0.05, 0) is 5.56 Å². The fourth-order valence-electron chi connectivity index (χ4n) is 2.16. The van der Waals surface area contributed by atoms with Crippen molar-refractivity contribution in [2.75, 3.05) is 0 Å². The number of thioether (sulfide) groups is 3. The molecule has 8 heteroatoms. The van der Waals surface area contributed by atoms with Gasteiger partial charge >= 0.3 is 0 Å². The summed E-state index contributed by atoms with van der Waals surface area (Å²) in [5.41, 5.74) is 1.06. The third-order valence-corrected chi connectivity index (χ3v) is 7.33. The van der Waals surface area contributed by atoms with Crippen LogP contribution in [0.5, 0.6) is 0 Å². The van der Waals surface area contributed by atoms with Crippen LogP contribution in [0, 0.1) is 0 Å². The zero-order valence-electron chi connectivity index (χ0n) is 11.6. The van der Waals surface area contributed by atoms with Crippen molar-refractivity contribution in [3.05, 3.63) is 57.4 Å². The number of nitrogens with zero attached hydrogens (tertiary/aromatic N) is 3. The molecule has 3 heterocycles. The van der Waals surface area contributed by atoms with E-state index in [4.69, 9.17) is 12.2 Å². The summed E-state index contributed by atoms with van der Waals surface area (Å²) < 4.78 is 1.51. The van der Waals surface area contributed by atoms with Gasteiger partial charge in [-0.2, -0.15) is 0 Å². The highest BCUT2D eigenvalue weighted by Crippen LogP contribution is 2.53. The van der Waals surface area contributed by atoms with E-state index in [0.29, 0.717) is 15.8 Å². The number of hydrogen-bond acceptors (Lipinski definition) is 7. The highest BCUT2D eigenvalue weighted by molar-refractivity contribution is 8.30. The van der Waals surface area contributed by atoms with E-state index < -0.39 is 0 Å². The van der Waals surface area contributed by atoms with Crippen LogP contribution in [-0.4, -0.2) is 25.1 Å². The van der Waals surface area contributed by atoms with Gasteiger partial charge in [-0.1, -0.05) is 77.8 Å². The number of amides is 1. The van der Waals surface area contributed by atoms with Gasteiger partial charge in [-0.3, -0.25) is 9.69 Å². The number of rotatable bonds is 2. The number of hydrogen-bond donors (Lipinski definition) is 0. The van der Waals surface area contributed by atoms with Crippen molar-refractivity contribution in [1.82, 2.24) is 14.9 Å². The molecule has 0 unspecified atom stereocenters. The molecule has 2 aliphatic rings. The first kappa shape index (κ1) is 15.2. The maximum atomic E-state index is 12.8. The molecule has 1 fully saturated rings. The molecule has 2 aromatic rings. The summed E-state index contributed by atoms with van der Waals surface area (Å²) in [5, 5.41) is 1.70. The van der Waals surface area contributed by atoms with Gasteiger partial charge in [0.1, 0.15) is 19.3 Å². The predicted molar refractivity (Wildman–Crippen MR) is 98.0 cm³/mol. The molecule has 2 aliphatic heterocycles. The molecule has 114 valence electrons. The smallest absolute Gasteiger partial charge is 0.268 e. The number of carbonyl (C=O) groups is 1. The molecule has 0 N–H and O–H groups in total. The first-order valence-corrected chi connectivity index (χ1v) is 9.57. The van der Waals surface area contributed by atoms with Gasteiger partial charge in [-0.25, -0.2) is 9.97 Å². The Morgan fingerprint density at radius 1 is 1.00 bits per heavy atom. The molecule has 1 aromatic heterocycles. The molecule has 4 rings (SSSR count). The van der Waals surface area contributed by atoms with Crippen LogP contribution in [0.15, 0.2) is 61.9 Å². The van der Waals surface area contributed by atoms with Crippen LogP contribution in [0.1, 0.15) is 5.56 Å². The molecular formula is C15H9N3OS4. The van der Waals surface area contributed by atoms with Crippen LogP contribution < -0.4 is 0 Å². The Morgan fingerprint density at radius 2 is 1.65 bits per heavy atom. The third-order valence-electron chi connectivity index (χ3n) is 3.23. The SMILES string of the molecule is O=C1C(=C2Sc3nccnc3S2)SC(=S)N1Cc1ccccc1. The van der Waals surface area contributed by atoms with E-state index >= 15 is 0 Å². The number of fused-ring (bicyclic) bond motifs is 1. The average Bonchev–Trinajstić information content (AvgIpc) is 3.12. The zero-order valence-corrected chi connectivity index (χ0v) is 14.9. The van der Waals surface area contributed by atoms with Gasteiger partial charge in [0.2, 0.25) is 0 Å². The third kappa shape index (κ3) is 2.91. The van der Waals surface area contributed by atoms with Crippen LogP contribution in [0.3, 0.4) is 0 Å². The van der Waals surface area contributed by atoms with Crippen LogP contribution >= 0.6 is 47.5 Å². The second-order valence-corrected chi connectivity index (χ2v) is 8.63. The molecule has 0 bridgehead atoms. The van der Waals surface area contributed by atoms with Crippen molar-refractivity contribution in [2.45, 2.75) is 16.6 Å². The maximum Gasteiger partial charge on any atom is 0.268 e. The maximum absolute atomic E-state index is 12.8. The van der Waals surface area contributed by atoms with Gasteiger partial charge in [-0.15, -0.1) is 0 Å². The first-order chi connectivity index (χ1) is 11.2. The Morgan fingerprint density at radius 3 is 2.30 bits per heavy atom. The lowest BCUT2D eigenvalue weighted by Gasteiger charge is -2.14. The first-order valence-electron chi connectivity index (χ1n) is 6.71. The van der Waals surface area contributed by atoms with Crippen molar-refractivity contribution < 1.29 is 4.79 Å². The standard InChI is InChI=1S/C15H9N3OS4/c19-13-10(14-22-11-12(23-14)17-7-6-16-11)21-15(20)18(13)8-9-4-2-1-3-5-9/h1-7H,8H2. The van der Waals surface area contributed by atoms with Crippen molar-refractivity contribution in [1.29, 1.82) is 0 Å². The lowest BCUT2D eigenvalue weighted by Crippen LogP contribution is -2.27. The van der Waals surface area contributed by atoms with E-state index in [2.05, 4.69) is 9.97 Å². The van der Waals surface area contributed by atoms with E-state index in [1.807, 2.05) is 30.3 Å². The summed E-state index contributed by atoms with van der Waals surface area (Å²) in [6.07, 6.45) is 3.33. The van der Waals surface area contributed by atoms with E-state index in [1.54, 1.807) is 17.3 Å². The molecular weight excluding hydrogens is 366 g/mol. The van der Waals surface area contributed by atoms with E-state index in [9.17, 15) is 4.79 Å². The molecule has 0 spiro atoms. The quantitative estimate of drug-likeness (QED) is 0.582. The van der Waals surface area contributed by atoms with Crippen LogP contribution in [0.4, 0.5) is 0 Å². The lowest BCUT2D eigenvalue weighted by atomic mass is 10.2. The second kappa shape index (κ2) is 6.27. The van der Waals surface area contributed by atoms with Gasteiger partial charge < -0.3 is 0 Å². The Balaban J connectivity index is 1.60. The van der Waals surface area contributed by atoms with Crippen molar-refractivity contribution in [3.8, 4) is 0 Å². The summed E-state index contributed by atoms with van der Waals surface area (Å²) in [6.45, 7) is 0.501. The van der Waals surface area contributed by atoms with Crippen LogP contribution in [0.25, 0.3) is 0 Å². The van der Waals surface area contributed by atoms with E-state index in [1.165, 1.54) is 35.3 Å². The number of carbonyl (C=O) groups excluding carboxylic acids is 1.